The van der Waals surface area contributed by atoms with E-state index < -0.39 is 59.4 Å². The Morgan fingerprint density at radius 1 is 0.579 bits per heavy atom. The number of aliphatic carboxylic acids is 1. The standard InChI is InChI=1S/C45H44N4O7S/c50-40-27-34(45(55)56)24-30-15-19-35(20-16-30)46-41(51)21-22-42(52)47-39(28-36-12-7-23-57-36)44(54)49-38(43(53)48-37(40)25-29-8-3-1-4-9-29)26-31-13-17-33(18-14-31)32-10-5-2-6-11-32/h1-20,23,34,37-39H,21-22,24-28H2,(H,46,51)(H,47,52)(H,48,53)(H,49,54)(H,55,56)/t34-,37-,38+,39+/m1/s1. The third-order valence-corrected chi connectivity index (χ3v) is 10.8. The van der Waals surface area contributed by atoms with Crippen LogP contribution in [0.2, 0.25) is 0 Å². The van der Waals surface area contributed by atoms with E-state index in [4.69, 9.17) is 0 Å². The summed E-state index contributed by atoms with van der Waals surface area (Å²) in [4.78, 5) is 82.0. The maximum absolute atomic E-state index is 14.4. The fourth-order valence-electron chi connectivity index (χ4n) is 6.75. The Kier molecular flexibility index (Phi) is 13.7. The number of nitrogens with one attached hydrogen (secondary N) is 4. The van der Waals surface area contributed by atoms with Crippen LogP contribution in [0.25, 0.3) is 11.1 Å². The highest BCUT2D eigenvalue weighted by Crippen LogP contribution is 2.22. The summed E-state index contributed by atoms with van der Waals surface area (Å²) in [7, 11) is 0. The second-order valence-corrected chi connectivity index (χ2v) is 15.2. The zero-order chi connectivity index (χ0) is 40.1. The molecule has 4 atom stereocenters. The van der Waals surface area contributed by atoms with E-state index in [0.717, 1.165) is 27.1 Å². The van der Waals surface area contributed by atoms with Crippen LogP contribution < -0.4 is 21.3 Å². The van der Waals surface area contributed by atoms with Crippen molar-refractivity contribution in [3.8, 4) is 11.1 Å². The number of carboxylic acid groups (broad SMARTS) is 1. The van der Waals surface area contributed by atoms with Gasteiger partial charge >= 0.3 is 5.97 Å². The van der Waals surface area contributed by atoms with Gasteiger partial charge in [0.25, 0.3) is 0 Å². The smallest absolute Gasteiger partial charge is 0.307 e. The number of anilines is 1. The lowest BCUT2D eigenvalue weighted by molar-refractivity contribution is -0.144. The molecule has 3 heterocycles. The normalized spacial score (nSPS) is 20.0. The molecule has 0 aliphatic carbocycles. The van der Waals surface area contributed by atoms with Crippen LogP contribution in [0.4, 0.5) is 5.69 Å². The Balaban J connectivity index is 1.34. The summed E-state index contributed by atoms with van der Waals surface area (Å²) in [5.74, 6) is -4.95. The van der Waals surface area contributed by atoms with Crippen molar-refractivity contribution in [1.82, 2.24) is 16.0 Å². The molecule has 2 aliphatic heterocycles. The van der Waals surface area contributed by atoms with E-state index in [1.54, 1.807) is 24.3 Å². The van der Waals surface area contributed by atoms with Crippen molar-refractivity contribution in [2.24, 2.45) is 5.92 Å². The number of carbonyl (C=O) groups excluding carboxylic acids is 5. The van der Waals surface area contributed by atoms with Gasteiger partial charge in [-0.25, -0.2) is 0 Å². The van der Waals surface area contributed by atoms with Gasteiger partial charge in [-0.1, -0.05) is 103 Å². The minimum absolute atomic E-state index is 0.0325. The van der Waals surface area contributed by atoms with Gasteiger partial charge in [-0.15, -0.1) is 11.3 Å². The van der Waals surface area contributed by atoms with Gasteiger partial charge < -0.3 is 26.4 Å². The molecule has 0 unspecified atom stereocenters. The second-order valence-electron chi connectivity index (χ2n) is 14.1. The first-order valence-corrected chi connectivity index (χ1v) is 19.7. The first-order chi connectivity index (χ1) is 27.6. The molecule has 4 amide bonds. The topological polar surface area (TPSA) is 171 Å². The SMILES string of the molecule is O=C1CCC(=O)N[C@@H](Cc2cccs2)C(=O)N[C@@H](Cc2ccc(-c3ccccc3)cc2)C(=O)N[C@H](Cc2ccccc2)C(=O)C[C@H](C(=O)O)Cc2ccc(cc2)N1. The number of amides is 4. The van der Waals surface area contributed by atoms with E-state index in [0.29, 0.717) is 11.3 Å². The Hall–Kier alpha value is -6.40. The molecule has 2 bridgehead atoms. The minimum Gasteiger partial charge on any atom is -0.481 e. The predicted molar refractivity (Wildman–Crippen MR) is 218 cm³/mol. The van der Waals surface area contributed by atoms with E-state index in [9.17, 15) is 33.9 Å². The second kappa shape index (κ2) is 19.5. The van der Waals surface area contributed by atoms with Crippen LogP contribution in [0, 0.1) is 5.92 Å². The van der Waals surface area contributed by atoms with Crippen molar-refractivity contribution < 1.29 is 33.9 Å². The highest BCUT2D eigenvalue weighted by Gasteiger charge is 2.32. The van der Waals surface area contributed by atoms with Gasteiger partial charge in [-0.3, -0.25) is 28.8 Å². The summed E-state index contributed by atoms with van der Waals surface area (Å²) in [5, 5.41) is 23.3. The Labute approximate surface area is 334 Å². The average molecular weight is 785 g/mol. The lowest BCUT2D eigenvalue weighted by atomic mass is 9.90. The Bertz CT molecular complexity index is 2160. The van der Waals surface area contributed by atoms with Gasteiger partial charge in [0.1, 0.15) is 12.1 Å². The summed E-state index contributed by atoms with van der Waals surface area (Å²) in [6.45, 7) is 0. The fourth-order valence-corrected chi connectivity index (χ4v) is 7.50. The van der Waals surface area contributed by atoms with Crippen molar-refractivity contribution in [3.05, 3.63) is 148 Å². The molecule has 57 heavy (non-hydrogen) atoms. The highest BCUT2D eigenvalue weighted by molar-refractivity contribution is 7.09. The lowest BCUT2D eigenvalue weighted by Gasteiger charge is -2.26. The van der Waals surface area contributed by atoms with Gasteiger partial charge in [-0.2, -0.15) is 0 Å². The van der Waals surface area contributed by atoms with Gasteiger partial charge in [0.15, 0.2) is 5.78 Å². The van der Waals surface area contributed by atoms with Gasteiger partial charge in [0.2, 0.25) is 23.6 Å². The van der Waals surface area contributed by atoms with Crippen LogP contribution in [0.1, 0.15) is 40.8 Å². The van der Waals surface area contributed by atoms with E-state index in [1.165, 1.54) is 11.3 Å². The molecule has 5 N–H and O–H groups in total. The summed E-state index contributed by atoms with van der Waals surface area (Å²) >= 11 is 1.41. The zero-order valence-electron chi connectivity index (χ0n) is 31.2. The van der Waals surface area contributed by atoms with Crippen molar-refractivity contribution in [2.75, 3.05) is 5.32 Å². The summed E-state index contributed by atoms with van der Waals surface area (Å²) < 4.78 is 0. The number of carbonyl (C=O) groups is 6. The largest absolute Gasteiger partial charge is 0.481 e. The maximum atomic E-state index is 14.4. The molecule has 0 fully saturated rings. The minimum atomic E-state index is -1.19. The van der Waals surface area contributed by atoms with Crippen molar-refractivity contribution in [3.63, 3.8) is 0 Å². The number of hydrogen-bond acceptors (Lipinski definition) is 7. The van der Waals surface area contributed by atoms with E-state index in [-0.39, 0.29) is 44.9 Å². The fraction of sp³-hybridized carbons (Fsp3) is 0.244. The Morgan fingerprint density at radius 3 is 1.81 bits per heavy atom. The van der Waals surface area contributed by atoms with Crippen LogP contribution in [-0.2, 0) is 54.5 Å². The number of ketones is 1. The molecule has 0 saturated carbocycles. The molecule has 4 aromatic carbocycles. The molecular formula is C45H44N4O7S. The molecule has 7 rings (SSSR count). The number of carboxylic acids is 1. The molecule has 292 valence electrons. The third kappa shape index (κ3) is 11.8. The summed E-state index contributed by atoms with van der Waals surface area (Å²) in [5.41, 5.74) is 4.55. The number of rotatable bonds is 8. The van der Waals surface area contributed by atoms with Gasteiger partial charge in [-0.05, 0) is 64.2 Å². The molecule has 0 radical (unpaired) electrons. The predicted octanol–water partition coefficient (Wildman–Crippen LogP) is 5.53. The van der Waals surface area contributed by atoms with Crippen LogP contribution in [-0.4, -0.2) is 58.6 Å². The number of fused-ring (bicyclic) bond motifs is 18. The first kappa shape index (κ1) is 40.3. The number of Topliss-reactive ketones (excluding diaryl/α,β-unsaturated/α-hetero) is 1. The first-order valence-electron chi connectivity index (χ1n) is 18.8. The van der Waals surface area contributed by atoms with Crippen LogP contribution in [0.15, 0.2) is 127 Å². The molecule has 2 aliphatic rings. The number of thiophene rings is 1. The summed E-state index contributed by atoms with van der Waals surface area (Å²) in [6, 6.07) is 33.4. The van der Waals surface area contributed by atoms with Crippen LogP contribution in [0.3, 0.4) is 0 Å². The van der Waals surface area contributed by atoms with Gasteiger partial charge in [0, 0.05) is 42.7 Å². The molecule has 11 nitrogen and oxygen atoms in total. The molecular weight excluding hydrogens is 741 g/mol. The quantitative estimate of drug-likeness (QED) is 0.129. The molecule has 5 aromatic rings. The number of benzene rings is 4. The zero-order valence-corrected chi connectivity index (χ0v) is 32.0. The van der Waals surface area contributed by atoms with Crippen LogP contribution >= 0.6 is 11.3 Å². The average Bonchev–Trinajstić information content (AvgIpc) is 3.73. The lowest BCUT2D eigenvalue weighted by Crippen LogP contribution is -2.57. The molecule has 0 saturated heterocycles. The van der Waals surface area contributed by atoms with Crippen LogP contribution in [0.5, 0.6) is 0 Å². The Morgan fingerprint density at radius 2 is 1.16 bits per heavy atom. The van der Waals surface area contributed by atoms with Crippen molar-refractivity contribution in [2.45, 2.75) is 63.1 Å². The third-order valence-electron chi connectivity index (χ3n) is 9.85. The number of hydrogen-bond donors (Lipinski definition) is 5. The van der Waals surface area contributed by atoms with Gasteiger partial charge in [0.05, 0.1) is 12.0 Å². The molecule has 12 heteroatoms. The molecule has 1 aromatic heterocycles. The van der Waals surface area contributed by atoms with E-state index in [1.807, 2.05) is 102 Å². The summed E-state index contributed by atoms with van der Waals surface area (Å²) in [6.07, 6.45) is -0.402. The molecule has 0 spiro atoms. The van der Waals surface area contributed by atoms with E-state index in [2.05, 4.69) is 21.3 Å². The van der Waals surface area contributed by atoms with Crippen molar-refractivity contribution in [1.29, 1.82) is 0 Å². The van der Waals surface area contributed by atoms with Crippen molar-refractivity contribution >= 4 is 52.4 Å². The highest BCUT2D eigenvalue weighted by atomic mass is 32.1. The van der Waals surface area contributed by atoms with E-state index >= 15 is 0 Å². The monoisotopic (exact) mass is 784 g/mol. The maximum Gasteiger partial charge on any atom is 0.307 e.